The molecule has 0 unspecified atom stereocenters. The first-order valence-corrected chi connectivity index (χ1v) is 12.2. The number of sulfonamides is 1. The molecule has 0 atom stereocenters. The summed E-state index contributed by atoms with van der Waals surface area (Å²) in [5.41, 5.74) is -1.14. The zero-order chi connectivity index (χ0) is 23.8. The van der Waals surface area contributed by atoms with Gasteiger partial charge in [0.15, 0.2) is 0 Å². The Morgan fingerprint density at radius 1 is 0.848 bits per heavy atom. The summed E-state index contributed by atoms with van der Waals surface area (Å²) in [4.78, 5) is 14.8. The van der Waals surface area contributed by atoms with E-state index < -0.39 is 26.7 Å². The third-order valence-electron chi connectivity index (χ3n) is 6.01. The molecule has 0 spiro atoms. The maximum atomic E-state index is 13.4. The van der Waals surface area contributed by atoms with Gasteiger partial charge in [-0.05, 0) is 26.1 Å². The fraction of sp³-hybridized carbons (Fsp3) is 0.524. The summed E-state index contributed by atoms with van der Waals surface area (Å²) in [5.74, 6) is 2.15. The highest BCUT2D eigenvalue weighted by Gasteiger charge is 2.39. The number of hydrogen-bond acceptors (Lipinski definition) is 7. The molecule has 3 heterocycles. The van der Waals surface area contributed by atoms with Crippen LogP contribution in [0.3, 0.4) is 0 Å². The Hall–Kier alpha value is -2.44. The number of benzene rings is 1. The molecule has 2 aliphatic rings. The van der Waals surface area contributed by atoms with Gasteiger partial charge in [0.1, 0.15) is 17.5 Å². The summed E-state index contributed by atoms with van der Waals surface area (Å²) in [6.07, 6.45) is -4.75. The second kappa shape index (κ2) is 9.07. The van der Waals surface area contributed by atoms with Crippen LogP contribution in [0.15, 0.2) is 35.2 Å². The van der Waals surface area contributed by atoms with Crippen LogP contribution < -0.4 is 9.80 Å². The van der Waals surface area contributed by atoms with E-state index in [2.05, 4.69) is 26.8 Å². The van der Waals surface area contributed by atoms with Crippen LogP contribution in [0.1, 0.15) is 11.4 Å². The Morgan fingerprint density at radius 3 is 1.91 bits per heavy atom. The van der Waals surface area contributed by atoms with Crippen molar-refractivity contribution in [2.75, 3.05) is 69.2 Å². The van der Waals surface area contributed by atoms with E-state index >= 15 is 0 Å². The number of rotatable bonds is 4. The van der Waals surface area contributed by atoms with Gasteiger partial charge >= 0.3 is 6.18 Å². The minimum atomic E-state index is -4.75. The zero-order valence-electron chi connectivity index (χ0n) is 18.6. The van der Waals surface area contributed by atoms with Gasteiger partial charge in [-0.15, -0.1) is 0 Å². The molecular formula is C21H27F3N6O2S. The van der Waals surface area contributed by atoms with E-state index in [0.29, 0.717) is 24.7 Å². The van der Waals surface area contributed by atoms with Gasteiger partial charge in [-0.2, -0.15) is 17.5 Å². The van der Waals surface area contributed by atoms with E-state index in [1.165, 1.54) is 12.1 Å². The Labute approximate surface area is 191 Å². The van der Waals surface area contributed by atoms with Crippen LogP contribution in [-0.2, 0) is 16.2 Å². The van der Waals surface area contributed by atoms with Crippen molar-refractivity contribution in [3.8, 4) is 0 Å². The molecule has 33 heavy (non-hydrogen) atoms. The summed E-state index contributed by atoms with van der Waals surface area (Å²) in [6.45, 7) is 6.20. The summed E-state index contributed by atoms with van der Waals surface area (Å²) in [7, 11) is -2.20. The molecule has 2 aromatic rings. The highest BCUT2D eigenvalue weighted by molar-refractivity contribution is 7.89. The van der Waals surface area contributed by atoms with E-state index in [0.717, 1.165) is 48.4 Å². The molecule has 0 radical (unpaired) electrons. The fourth-order valence-electron chi connectivity index (χ4n) is 4.12. The fourth-order valence-corrected chi connectivity index (χ4v) is 5.75. The highest BCUT2D eigenvalue weighted by atomic mass is 32.2. The largest absolute Gasteiger partial charge is 0.417 e. The predicted molar refractivity (Wildman–Crippen MR) is 119 cm³/mol. The number of hydrogen-bond donors (Lipinski definition) is 0. The van der Waals surface area contributed by atoms with E-state index in [1.54, 1.807) is 0 Å². The lowest BCUT2D eigenvalue weighted by Crippen LogP contribution is -2.49. The predicted octanol–water partition coefficient (Wildman–Crippen LogP) is 2.07. The molecule has 2 fully saturated rings. The number of likely N-dealkylation sites (N-methyl/N-ethyl adjacent to an activating group) is 1. The first-order valence-electron chi connectivity index (χ1n) is 10.8. The summed E-state index contributed by atoms with van der Waals surface area (Å²) in [5, 5.41) is 0. The zero-order valence-corrected chi connectivity index (χ0v) is 19.4. The monoisotopic (exact) mass is 484 g/mol. The molecule has 8 nitrogen and oxygen atoms in total. The van der Waals surface area contributed by atoms with Gasteiger partial charge < -0.3 is 14.7 Å². The SMILES string of the molecule is Cc1nc(N2CCN(C)CC2)cc(N2CCN(S(=O)(=O)c3ccccc3C(F)(F)F)CC2)n1. The van der Waals surface area contributed by atoms with Crippen molar-refractivity contribution in [2.24, 2.45) is 0 Å². The van der Waals surface area contributed by atoms with Crippen molar-refractivity contribution in [1.29, 1.82) is 0 Å². The number of nitrogens with zero attached hydrogens (tertiary/aromatic N) is 6. The molecule has 1 aromatic heterocycles. The van der Waals surface area contributed by atoms with Crippen LogP contribution in [0, 0.1) is 6.92 Å². The first-order chi connectivity index (χ1) is 15.6. The second-order valence-corrected chi connectivity index (χ2v) is 10.2. The maximum Gasteiger partial charge on any atom is 0.417 e. The molecule has 0 saturated carbocycles. The number of piperazine rings is 2. The summed E-state index contributed by atoms with van der Waals surface area (Å²) in [6, 6.07) is 6.21. The molecule has 2 aliphatic heterocycles. The van der Waals surface area contributed by atoms with Gasteiger partial charge in [-0.25, -0.2) is 18.4 Å². The lowest BCUT2D eigenvalue weighted by molar-refractivity contribution is -0.139. The molecule has 180 valence electrons. The Bertz CT molecular complexity index is 1100. The van der Waals surface area contributed by atoms with Crippen LogP contribution in [0.5, 0.6) is 0 Å². The molecule has 12 heteroatoms. The molecule has 2 saturated heterocycles. The average Bonchev–Trinajstić information content (AvgIpc) is 2.79. The Kier molecular flexibility index (Phi) is 6.52. The average molecular weight is 485 g/mol. The second-order valence-electron chi connectivity index (χ2n) is 8.31. The highest BCUT2D eigenvalue weighted by Crippen LogP contribution is 2.35. The van der Waals surface area contributed by atoms with Crippen molar-refractivity contribution in [2.45, 2.75) is 18.0 Å². The number of anilines is 2. The van der Waals surface area contributed by atoms with Crippen molar-refractivity contribution in [1.82, 2.24) is 19.2 Å². The van der Waals surface area contributed by atoms with E-state index in [1.807, 2.05) is 17.9 Å². The van der Waals surface area contributed by atoms with Gasteiger partial charge in [0.2, 0.25) is 10.0 Å². The van der Waals surface area contributed by atoms with Crippen molar-refractivity contribution >= 4 is 21.7 Å². The third kappa shape index (κ3) is 5.07. The van der Waals surface area contributed by atoms with Crippen LogP contribution in [0.25, 0.3) is 0 Å². The van der Waals surface area contributed by atoms with Crippen molar-refractivity contribution in [3.05, 3.63) is 41.7 Å². The molecular weight excluding hydrogens is 457 g/mol. The molecule has 0 aliphatic carbocycles. The van der Waals surface area contributed by atoms with E-state index in [4.69, 9.17) is 0 Å². The smallest absolute Gasteiger partial charge is 0.354 e. The topological polar surface area (TPSA) is 72.9 Å². The number of aryl methyl sites for hydroxylation is 1. The van der Waals surface area contributed by atoms with Crippen LogP contribution in [0.4, 0.5) is 24.8 Å². The molecule has 0 N–H and O–H groups in total. The number of aromatic nitrogens is 2. The Morgan fingerprint density at radius 2 is 1.36 bits per heavy atom. The van der Waals surface area contributed by atoms with Gasteiger partial charge in [-0.1, -0.05) is 12.1 Å². The van der Waals surface area contributed by atoms with Gasteiger partial charge in [0.25, 0.3) is 0 Å². The number of alkyl halides is 3. The van der Waals surface area contributed by atoms with Gasteiger partial charge in [-0.3, -0.25) is 0 Å². The maximum absolute atomic E-state index is 13.4. The van der Waals surface area contributed by atoms with Gasteiger partial charge in [0.05, 0.1) is 10.5 Å². The lowest BCUT2D eigenvalue weighted by atomic mass is 10.2. The quantitative estimate of drug-likeness (QED) is 0.658. The van der Waals surface area contributed by atoms with Crippen molar-refractivity contribution < 1.29 is 21.6 Å². The normalized spacial score (nSPS) is 19.2. The molecule has 0 amide bonds. The van der Waals surface area contributed by atoms with Crippen LogP contribution in [-0.4, -0.2) is 87.0 Å². The van der Waals surface area contributed by atoms with Crippen molar-refractivity contribution in [3.63, 3.8) is 0 Å². The van der Waals surface area contributed by atoms with Gasteiger partial charge in [0, 0.05) is 58.4 Å². The third-order valence-corrected chi connectivity index (χ3v) is 7.97. The minimum Gasteiger partial charge on any atom is -0.354 e. The van der Waals surface area contributed by atoms with Crippen LogP contribution >= 0.6 is 0 Å². The first kappa shape index (κ1) is 23.7. The van der Waals surface area contributed by atoms with Crippen LogP contribution in [0.2, 0.25) is 0 Å². The lowest BCUT2D eigenvalue weighted by Gasteiger charge is -2.36. The number of halogens is 3. The molecule has 0 bridgehead atoms. The summed E-state index contributed by atoms with van der Waals surface area (Å²) >= 11 is 0. The minimum absolute atomic E-state index is 0.0709. The molecule has 4 rings (SSSR count). The summed E-state index contributed by atoms with van der Waals surface area (Å²) < 4.78 is 67.2. The van der Waals surface area contributed by atoms with E-state index in [9.17, 15) is 21.6 Å². The Balaban J connectivity index is 1.50. The van der Waals surface area contributed by atoms with E-state index in [-0.39, 0.29) is 13.1 Å². The molecule has 1 aromatic carbocycles. The standard InChI is InChI=1S/C21H27F3N6O2S/c1-16-25-19(28-9-7-27(2)8-10-28)15-20(26-16)29-11-13-30(14-12-29)33(31,32)18-6-4-3-5-17(18)21(22,23)24/h3-6,15H,7-14H2,1-2H3.